The lowest BCUT2D eigenvalue weighted by Gasteiger charge is -2.19. The molecule has 0 fully saturated rings. The van der Waals surface area contributed by atoms with Crippen molar-refractivity contribution in [3.63, 3.8) is 0 Å². The molecule has 0 saturated heterocycles. The fraction of sp³-hybridized carbons (Fsp3) is 0.400. The predicted octanol–water partition coefficient (Wildman–Crippen LogP) is 4.59. The normalized spacial score (nSPS) is 14.9. The summed E-state index contributed by atoms with van der Waals surface area (Å²) in [5, 5.41) is 3.35. The number of benzene rings is 2. The second kappa shape index (κ2) is 7.99. The van der Waals surface area contributed by atoms with Crippen LogP contribution in [0.5, 0.6) is 11.5 Å². The van der Waals surface area contributed by atoms with Crippen molar-refractivity contribution in [2.75, 3.05) is 13.2 Å². The lowest BCUT2D eigenvalue weighted by molar-refractivity contribution is -0.137. The first kappa shape index (κ1) is 18.6. The maximum atomic E-state index is 12.6. The minimum atomic E-state index is -4.29. The molecule has 0 amide bonds. The van der Waals surface area contributed by atoms with Gasteiger partial charge in [-0.1, -0.05) is 18.2 Å². The van der Waals surface area contributed by atoms with E-state index in [1.165, 1.54) is 17.7 Å². The van der Waals surface area contributed by atoms with Gasteiger partial charge in [0.25, 0.3) is 0 Å². The molecule has 1 heterocycles. The fourth-order valence-electron chi connectivity index (χ4n) is 2.83. The number of halogens is 3. The molecule has 2 aromatic rings. The summed E-state index contributed by atoms with van der Waals surface area (Å²) in [6, 6.07) is 11.5. The lowest BCUT2D eigenvalue weighted by Crippen LogP contribution is -2.26. The van der Waals surface area contributed by atoms with Crippen LogP contribution in [0.3, 0.4) is 0 Å². The van der Waals surface area contributed by atoms with Crippen LogP contribution < -0.4 is 14.8 Å². The summed E-state index contributed by atoms with van der Waals surface area (Å²) in [6.07, 6.45) is -2.49. The van der Waals surface area contributed by atoms with E-state index >= 15 is 0 Å². The number of hydrogen-bond donors (Lipinski definition) is 1. The number of hydrogen-bond acceptors (Lipinski definition) is 3. The Kier molecular flexibility index (Phi) is 5.71. The number of alkyl halides is 3. The first-order valence-electron chi connectivity index (χ1n) is 8.70. The molecule has 1 aliphatic rings. The van der Waals surface area contributed by atoms with E-state index in [1.807, 2.05) is 18.2 Å². The van der Waals surface area contributed by atoms with E-state index in [-0.39, 0.29) is 6.04 Å². The molecule has 0 bridgehead atoms. The van der Waals surface area contributed by atoms with Gasteiger partial charge in [0.1, 0.15) is 13.2 Å². The second-order valence-electron chi connectivity index (χ2n) is 6.49. The topological polar surface area (TPSA) is 30.5 Å². The van der Waals surface area contributed by atoms with E-state index < -0.39 is 11.7 Å². The molecule has 2 aromatic carbocycles. The van der Waals surface area contributed by atoms with Crippen molar-refractivity contribution < 1.29 is 22.6 Å². The first-order chi connectivity index (χ1) is 12.4. The highest BCUT2D eigenvalue weighted by Crippen LogP contribution is 2.31. The molecule has 26 heavy (non-hydrogen) atoms. The SMILES string of the molecule is CC(CCc1ccc2c(c1)OCCO2)NCc1ccc(C(F)(F)F)cc1. The van der Waals surface area contributed by atoms with Gasteiger partial charge >= 0.3 is 6.18 Å². The Labute approximate surface area is 151 Å². The summed E-state index contributed by atoms with van der Waals surface area (Å²) in [5.74, 6) is 1.58. The molecule has 1 aliphatic heterocycles. The van der Waals surface area contributed by atoms with E-state index in [0.717, 1.165) is 42.0 Å². The third-order valence-electron chi connectivity index (χ3n) is 4.41. The fourth-order valence-corrected chi connectivity index (χ4v) is 2.83. The molecule has 1 unspecified atom stereocenters. The lowest BCUT2D eigenvalue weighted by atomic mass is 10.0. The summed E-state index contributed by atoms with van der Waals surface area (Å²) < 4.78 is 48.8. The maximum absolute atomic E-state index is 12.6. The predicted molar refractivity (Wildman–Crippen MR) is 93.5 cm³/mol. The van der Waals surface area contributed by atoms with Gasteiger partial charge in [-0.15, -0.1) is 0 Å². The Morgan fingerprint density at radius 2 is 1.62 bits per heavy atom. The van der Waals surface area contributed by atoms with Gasteiger partial charge in [0.2, 0.25) is 0 Å². The van der Waals surface area contributed by atoms with Crippen LogP contribution in [-0.2, 0) is 19.1 Å². The van der Waals surface area contributed by atoms with Crippen molar-refractivity contribution in [2.24, 2.45) is 0 Å². The minimum Gasteiger partial charge on any atom is -0.486 e. The molecule has 0 aromatic heterocycles. The van der Waals surface area contributed by atoms with Gasteiger partial charge in [-0.3, -0.25) is 0 Å². The molecule has 6 heteroatoms. The summed E-state index contributed by atoms with van der Waals surface area (Å²) in [6.45, 7) is 3.77. The van der Waals surface area contributed by atoms with E-state index in [9.17, 15) is 13.2 Å². The van der Waals surface area contributed by atoms with Crippen LogP contribution >= 0.6 is 0 Å². The zero-order chi connectivity index (χ0) is 18.6. The third kappa shape index (κ3) is 4.91. The molecule has 3 rings (SSSR count). The van der Waals surface area contributed by atoms with E-state index in [1.54, 1.807) is 0 Å². The Hall–Kier alpha value is -2.21. The standard InChI is InChI=1S/C20H22F3NO2/c1-14(24-13-16-4-7-17(8-5-16)20(21,22)23)2-3-15-6-9-18-19(12-15)26-11-10-25-18/h4-9,12,14,24H,2-3,10-11,13H2,1H3. The highest BCUT2D eigenvalue weighted by Gasteiger charge is 2.29. The van der Waals surface area contributed by atoms with E-state index in [4.69, 9.17) is 9.47 Å². The van der Waals surface area contributed by atoms with Crippen LogP contribution in [0, 0.1) is 0 Å². The first-order valence-corrected chi connectivity index (χ1v) is 8.70. The number of aryl methyl sites for hydroxylation is 1. The summed E-state index contributed by atoms with van der Waals surface area (Å²) in [7, 11) is 0. The highest BCUT2D eigenvalue weighted by atomic mass is 19.4. The number of nitrogens with one attached hydrogen (secondary N) is 1. The van der Waals surface area contributed by atoms with E-state index in [0.29, 0.717) is 19.8 Å². The van der Waals surface area contributed by atoms with Crippen molar-refractivity contribution in [2.45, 2.75) is 38.5 Å². The largest absolute Gasteiger partial charge is 0.486 e. The summed E-state index contributed by atoms with van der Waals surface area (Å²) >= 11 is 0. The monoisotopic (exact) mass is 365 g/mol. The van der Waals surface area contributed by atoms with Crippen molar-refractivity contribution in [3.8, 4) is 11.5 Å². The van der Waals surface area contributed by atoms with Gasteiger partial charge in [-0.25, -0.2) is 0 Å². The summed E-state index contributed by atoms with van der Waals surface area (Å²) in [4.78, 5) is 0. The van der Waals surface area contributed by atoms with Gasteiger partial charge in [0.05, 0.1) is 5.56 Å². The van der Waals surface area contributed by atoms with Crippen LogP contribution in [0.2, 0.25) is 0 Å². The molecular formula is C20H22F3NO2. The van der Waals surface area contributed by atoms with Crippen molar-refractivity contribution in [3.05, 3.63) is 59.2 Å². The molecule has 3 nitrogen and oxygen atoms in total. The second-order valence-corrected chi connectivity index (χ2v) is 6.49. The van der Waals surface area contributed by atoms with Gasteiger partial charge in [-0.05, 0) is 55.2 Å². The van der Waals surface area contributed by atoms with E-state index in [2.05, 4.69) is 12.2 Å². The van der Waals surface area contributed by atoms with Crippen LogP contribution in [0.15, 0.2) is 42.5 Å². The molecule has 1 atom stereocenters. The van der Waals surface area contributed by atoms with Crippen LogP contribution in [-0.4, -0.2) is 19.3 Å². The average Bonchev–Trinajstić information content (AvgIpc) is 2.64. The molecule has 0 radical (unpaired) electrons. The minimum absolute atomic E-state index is 0.241. The van der Waals surface area contributed by atoms with Crippen LogP contribution in [0.1, 0.15) is 30.0 Å². The number of fused-ring (bicyclic) bond motifs is 1. The zero-order valence-corrected chi connectivity index (χ0v) is 14.6. The smallest absolute Gasteiger partial charge is 0.416 e. The Morgan fingerprint density at radius 1 is 0.962 bits per heavy atom. The molecule has 140 valence electrons. The van der Waals surface area contributed by atoms with Gasteiger partial charge in [0.15, 0.2) is 11.5 Å². The highest BCUT2D eigenvalue weighted by molar-refractivity contribution is 5.43. The van der Waals surface area contributed by atoms with Crippen molar-refractivity contribution in [1.29, 1.82) is 0 Å². The van der Waals surface area contributed by atoms with Crippen LogP contribution in [0.25, 0.3) is 0 Å². The average molecular weight is 365 g/mol. The van der Waals surface area contributed by atoms with Crippen LogP contribution in [0.4, 0.5) is 13.2 Å². The Balaban J connectivity index is 1.46. The molecule has 0 spiro atoms. The number of ether oxygens (including phenoxy) is 2. The van der Waals surface area contributed by atoms with Crippen molar-refractivity contribution >= 4 is 0 Å². The number of rotatable bonds is 6. The Bertz CT molecular complexity index is 729. The quantitative estimate of drug-likeness (QED) is 0.812. The maximum Gasteiger partial charge on any atom is 0.416 e. The molecular weight excluding hydrogens is 343 g/mol. The van der Waals surface area contributed by atoms with Gasteiger partial charge < -0.3 is 14.8 Å². The molecule has 1 N–H and O–H groups in total. The Morgan fingerprint density at radius 3 is 2.31 bits per heavy atom. The van der Waals surface area contributed by atoms with Gasteiger partial charge in [0, 0.05) is 12.6 Å². The molecule has 0 saturated carbocycles. The third-order valence-corrected chi connectivity index (χ3v) is 4.41. The molecule has 0 aliphatic carbocycles. The summed E-state index contributed by atoms with van der Waals surface area (Å²) in [5.41, 5.74) is 1.40. The zero-order valence-electron chi connectivity index (χ0n) is 14.6. The van der Waals surface area contributed by atoms with Gasteiger partial charge in [-0.2, -0.15) is 13.2 Å². The van der Waals surface area contributed by atoms with Crippen molar-refractivity contribution in [1.82, 2.24) is 5.32 Å².